The molecule has 0 rings (SSSR count). The van der Waals surface area contributed by atoms with Crippen LogP contribution in [0.15, 0.2) is 0 Å². The van der Waals surface area contributed by atoms with Crippen LogP contribution in [0.1, 0.15) is 20.3 Å². The molecular weight excluding hydrogens is 228 g/mol. The van der Waals surface area contributed by atoms with Gasteiger partial charge in [-0.25, -0.2) is 0 Å². The van der Waals surface area contributed by atoms with Crippen molar-refractivity contribution in [3.63, 3.8) is 0 Å². The Bertz CT molecular complexity index is 141. The summed E-state index contributed by atoms with van der Waals surface area (Å²) in [5, 5.41) is 5.48. The van der Waals surface area contributed by atoms with E-state index in [-0.39, 0.29) is 0 Å². The molecule has 0 heterocycles. The van der Waals surface area contributed by atoms with Crippen molar-refractivity contribution in [2.24, 2.45) is 5.73 Å². The monoisotopic (exact) mass is 254 g/mol. The summed E-state index contributed by atoms with van der Waals surface area (Å²) in [6.45, 7) is 8.23. The quantitative estimate of drug-likeness (QED) is 0.457. The fourth-order valence-electron chi connectivity index (χ4n) is 1.56. The molecule has 0 fully saturated rings. The summed E-state index contributed by atoms with van der Waals surface area (Å²) in [5.74, 6) is 0. The van der Waals surface area contributed by atoms with Gasteiger partial charge in [-0.3, -0.25) is 0 Å². The molecule has 0 aromatic carbocycles. The normalized spacial score (nSPS) is 12.0. The van der Waals surface area contributed by atoms with Gasteiger partial charge in [0, 0.05) is 0 Å². The van der Waals surface area contributed by atoms with Crippen LogP contribution in [-0.2, 0) is 24.0 Å². The summed E-state index contributed by atoms with van der Waals surface area (Å²) >= 11 is -2.39. The van der Waals surface area contributed by atoms with Crippen molar-refractivity contribution in [2.75, 3.05) is 32.8 Å². The fourth-order valence-corrected chi connectivity index (χ4v) is 5.33. The van der Waals surface area contributed by atoms with Crippen molar-refractivity contribution in [3.05, 3.63) is 0 Å². The van der Waals surface area contributed by atoms with Gasteiger partial charge in [-0.05, 0) is 0 Å². The van der Waals surface area contributed by atoms with E-state index in [0.29, 0.717) is 6.54 Å². The minimum absolute atomic E-state index is 0.704. The van der Waals surface area contributed by atoms with Gasteiger partial charge in [0.15, 0.2) is 0 Å². The van der Waals surface area contributed by atoms with E-state index < -0.39 is 17.4 Å². The first-order valence-corrected chi connectivity index (χ1v) is 9.81. The van der Waals surface area contributed by atoms with Crippen molar-refractivity contribution in [1.82, 2.24) is 5.32 Å². The Morgan fingerprint density at radius 3 is 2.20 bits per heavy atom. The van der Waals surface area contributed by atoms with Crippen LogP contribution in [-0.4, -0.2) is 32.8 Å². The fraction of sp³-hybridized carbons (Fsp3) is 1.00. The van der Waals surface area contributed by atoms with Gasteiger partial charge in [0.05, 0.1) is 0 Å². The molecular formula is C10H26N2O2Ti. The molecule has 3 N–H and O–H groups in total. The number of hydrogen-bond donors (Lipinski definition) is 2. The van der Waals surface area contributed by atoms with Crippen molar-refractivity contribution >= 4 is 0 Å². The minimum atomic E-state index is -2.39. The third kappa shape index (κ3) is 8.37. The summed E-state index contributed by atoms with van der Waals surface area (Å²) in [6, 6.07) is 0. The second-order valence-corrected chi connectivity index (χ2v) is 8.87. The Morgan fingerprint density at radius 2 is 1.73 bits per heavy atom. The predicted molar refractivity (Wildman–Crippen MR) is 60.5 cm³/mol. The molecule has 0 saturated carbocycles. The topological polar surface area (TPSA) is 56.5 Å². The van der Waals surface area contributed by atoms with Crippen LogP contribution < -0.4 is 11.1 Å². The maximum absolute atomic E-state index is 5.79. The summed E-state index contributed by atoms with van der Waals surface area (Å²) in [7, 11) is 0. The van der Waals surface area contributed by atoms with E-state index in [2.05, 4.69) is 10.5 Å². The Kier molecular flexibility index (Phi) is 10.1. The van der Waals surface area contributed by atoms with E-state index in [1.54, 1.807) is 0 Å². The van der Waals surface area contributed by atoms with Crippen molar-refractivity contribution in [3.8, 4) is 0 Å². The van der Waals surface area contributed by atoms with Gasteiger partial charge < -0.3 is 0 Å². The second-order valence-electron chi connectivity index (χ2n) is 3.64. The second kappa shape index (κ2) is 9.76. The van der Waals surface area contributed by atoms with E-state index >= 15 is 0 Å². The Morgan fingerprint density at radius 1 is 1.13 bits per heavy atom. The molecule has 5 heteroatoms. The molecule has 0 aromatic rings. The predicted octanol–water partition coefficient (Wildman–Crippen LogP) is 1.45. The number of nitrogens with two attached hydrogens (primary N) is 1. The molecule has 0 radical (unpaired) electrons. The zero-order valence-electron chi connectivity index (χ0n) is 10.3. The van der Waals surface area contributed by atoms with Gasteiger partial charge >= 0.3 is 98.1 Å². The zero-order valence-corrected chi connectivity index (χ0v) is 11.9. The van der Waals surface area contributed by atoms with Gasteiger partial charge in [-0.2, -0.15) is 0 Å². The van der Waals surface area contributed by atoms with Crippen LogP contribution in [0.4, 0.5) is 0 Å². The molecule has 0 amide bonds. The van der Waals surface area contributed by atoms with E-state index in [4.69, 9.17) is 12.4 Å². The Labute approximate surface area is 98.2 Å². The third-order valence-corrected chi connectivity index (χ3v) is 6.98. The first-order chi connectivity index (χ1) is 7.18. The standard InChI is InChI=1S/C5H13N2.2C2H5O.CH3.Ti/c1-2-4-7-5-3-6;2*1-2-3;;/h7H,1-6H2;2*2H2,1H3;1H3;/q;2*-1;;+2. The number of hydrogen-bond acceptors (Lipinski definition) is 4. The third-order valence-electron chi connectivity index (χ3n) is 2.20. The van der Waals surface area contributed by atoms with E-state index in [1.165, 1.54) is 0 Å². The molecule has 0 aliphatic rings. The van der Waals surface area contributed by atoms with Crippen LogP contribution in [0.2, 0.25) is 9.95 Å². The van der Waals surface area contributed by atoms with Crippen LogP contribution in [0.3, 0.4) is 0 Å². The SMILES string of the molecule is CC[O][Ti]([CH3])([CH2]CCNCCN)[O]CC. The molecule has 0 saturated heterocycles. The Hall–Kier alpha value is 0.554. The molecule has 4 nitrogen and oxygen atoms in total. The molecule has 15 heavy (non-hydrogen) atoms. The molecule has 0 unspecified atom stereocenters. The van der Waals surface area contributed by atoms with E-state index in [0.717, 1.165) is 37.4 Å². The maximum atomic E-state index is 5.79. The first kappa shape index (κ1) is 15.6. The average molecular weight is 254 g/mol. The van der Waals surface area contributed by atoms with E-state index in [1.807, 2.05) is 13.8 Å². The molecule has 0 spiro atoms. The summed E-state index contributed by atoms with van der Waals surface area (Å²) in [5.41, 5.74) is 5.39. The molecule has 0 bridgehead atoms. The molecule has 0 aromatic heterocycles. The molecule has 0 atom stereocenters. The van der Waals surface area contributed by atoms with Gasteiger partial charge in [-0.15, -0.1) is 0 Å². The van der Waals surface area contributed by atoms with Crippen molar-refractivity contribution in [2.45, 2.75) is 30.2 Å². The van der Waals surface area contributed by atoms with Crippen LogP contribution in [0.25, 0.3) is 0 Å². The molecule has 0 aliphatic carbocycles. The van der Waals surface area contributed by atoms with Crippen LogP contribution in [0, 0.1) is 0 Å². The van der Waals surface area contributed by atoms with Crippen molar-refractivity contribution in [1.29, 1.82) is 0 Å². The van der Waals surface area contributed by atoms with Gasteiger partial charge in [0.2, 0.25) is 0 Å². The summed E-state index contributed by atoms with van der Waals surface area (Å²) in [6.07, 6.45) is 1.12. The summed E-state index contributed by atoms with van der Waals surface area (Å²) < 4.78 is 12.7. The van der Waals surface area contributed by atoms with E-state index in [9.17, 15) is 0 Å². The average Bonchev–Trinajstić information content (AvgIpc) is 2.18. The van der Waals surface area contributed by atoms with Gasteiger partial charge in [0.1, 0.15) is 0 Å². The first-order valence-electron chi connectivity index (χ1n) is 5.87. The van der Waals surface area contributed by atoms with Crippen LogP contribution >= 0.6 is 0 Å². The molecule has 92 valence electrons. The number of rotatable bonds is 10. The molecule has 0 aliphatic heterocycles. The van der Waals surface area contributed by atoms with Gasteiger partial charge in [0.25, 0.3) is 0 Å². The Balaban J connectivity index is 3.65. The number of nitrogens with one attached hydrogen (secondary N) is 1. The van der Waals surface area contributed by atoms with Crippen LogP contribution in [0.5, 0.6) is 0 Å². The zero-order chi connectivity index (χ0) is 11.6. The van der Waals surface area contributed by atoms with Crippen molar-refractivity contribution < 1.29 is 24.0 Å². The summed E-state index contributed by atoms with van der Waals surface area (Å²) in [4.78, 5) is 0. The van der Waals surface area contributed by atoms with Gasteiger partial charge in [-0.1, -0.05) is 0 Å².